The molecular weight excluding hydrogens is 168 g/mol. The van der Waals surface area contributed by atoms with Gasteiger partial charge in [0.05, 0.1) is 0 Å². The van der Waals surface area contributed by atoms with Crippen molar-refractivity contribution in [3.63, 3.8) is 0 Å². The average Bonchev–Trinajstić information content (AvgIpc) is 2.06. The van der Waals surface area contributed by atoms with Crippen LogP contribution in [0.25, 0.3) is 0 Å². The molecule has 0 radical (unpaired) electrons. The van der Waals surface area contributed by atoms with Gasteiger partial charge in [-0.2, -0.15) is 4.99 Å². The third kappa shape index (κ3) is 1.31. The minimum absolute atomic E-state index is 0.731. The fourth-order valence-corrected chi connectivity index (χ4v) is 0.682. The van der Waals surface area contributed by atoms with Crippen LogP contribution in [0.1, 0.15) is 0 Å². The monoisotopic (exact) mass is 171 g/mol. The Balaban J connectivity index is 3.42. The van der Waals surface area contributed by atoms with E-state index in [1.165, 1.54) is 0 Å². The van der Waals surface area contributed by atoms with Crippen molar-refractivity contribution < 1.29 is 18.7 Å². The fraction of sp³-hybridized carbons (Fsp3) is 0. The summed E-state index contributed by atoms with van der Waals surface area (Å²) < 4.78 is 25.1. The maximum atomic E-state index is 12.6. The van der Waals surface area contributed by atoms with E-state index in [0.717, 1.165) is 18.2 Å². The van der Waals surface area contributed by atoms with Crippen LogP contribution in [0.4, 0.5) is 14.5 Å². The first kappa shape index (κ1) is 8.36. The summed E-state index contributed by atoms with van der Waals surface area (Å²) in [6.45, 7) is 0. The number of carbonyl (C=O) groups excluding carboxylic acids is 1. The number of nitrogens with zero attached hydrogens (tertiary/aromatic N) is 1. The van der Waals surface area contributed by atoms with Gasteiger partial charge in [0.2, 0.25) is 6.08 Å². The highest BCUT2D eigenvalue weighted by molar-refractivity contribution is 5.58. The normalized spacial score (nSPS) is 9.17. The van der Waals surface area contributed by atoms with Gasteiger partial charge in [-0.25, -0.2) is 13.6 Å². The predicted octanol–water partition coefficient (Wildman–Crippen LogP) is 1.64. The molecule has 1 rings (SSSR count). The Morgan fingerprint density at radius 3 is 2.50 bits per heavy atom. The third-order valence-electron chi connectivity index (χ3n) is 1.21. The summed E-state index contributed by atoms with van der Waals surface area (Å²) in [5, 5.41) is 8.82. The largest absolute Gasteiger partial charge is 0.503 e. The molecule has 0 saturated carbocycles. The summed E-state index contributed by atoms with van der Waals surface area (Å²) in [6.07, 6.45) is 1.00. The zero-order valence-corrected chi connectivity index (χ0v) is 5.71. The molecule has 0 unspecified atom stereocenters. The predicted molar refractivity (Wildman–Crippen MR) is 35.8 cm³/mol. The van der Waals surface area contributed by atoms with Crippen LogP contribution in [0.3, 0.4) is 0 Å². The Hall–Kier alpha value is -1.74. The van der Waals surface area contributed by atoms with Crippen molar-refractivity contribution in [2.24, 2.45) is 4.99 Å². The summed E-state index contributed by atoms with van der Waals surface area (Å²) in [4.78, 5) is 12.5. The van der Waals surface area contributed by atoms with Crippen LogP contribution < -0.4 is 0 Å². The van der Waals surface area contributed by atoms with Gasteiger partial charge in [-0.3, -0.25) is 0 Å². The quantitative estimate of drug-likeness (QED) is 0.515. The number of phenols is 1. The lowest BCUT2D eigenvalue weighted by atomic mass is 10.3. The Morgan fingerprint density at radius 2 is 1.92 bits per heavy atom. The molecule has 0 spiro atoms. The van der Waals surface area contributed by atoms with Crippen molar-refractivity contribution in [2.45, 2.75) is 0 Å². The molecule has 1 aromatic rings. The van der Waals surface area contributed by atoms with Gasteiger partial charge in [-0.1, -0.05) is 0 Å². The number of isocyanates is 1. The Labute approximate surface area is 66.0 Å². The average molecular weight is 171 g/mol. The Bertz CT molecular complexity index is 359. The smallest absolute Gasteiger partial charge is 0.240 e. The SMILES string of the molecule is O=C=Nc1c(F)ccc(F)c1O. The second kappa shape index (κ2) is 3.11. The van der Waals surface area contributed by atoms with E-state index in [9.17, 15) is 13.6 Å². The van der Waals surface area contributed by atoms with Gasteiger partial charge in [0, 0.05) is 0 Å². The number of hydrogen-bond acceptors (Lipinski definition) is 3. The zero-order valence-electron chi connectivity index (χ0n) is 5.71. The van der Waals surface area contributed by atoms with E-state index in [1.54, 1.807) is 0 Å². The highest BCUT2D eigenvalue weighted by atomic mass is 19.1. The fourth-order valence-electron chi connectivity index (χ4n) is 0.682. The summed E-state index contributed by atoms with van der Waals surface area (Å²) in [6, 6.07) is 1.49. The minimum Gasteiger partial charge on any atom is -0.503 e. The molecule has 12 heavy (non-hydrogen) atoms. The molecule has 0 amide bonds. The molecule has 0 bridgehead atoms. The lowest BCUT2D eigenvalue weighted by Crippen LogP contribution is -1.81. The lowest BCUT2D eigenvalue weighted by Gasteiger charge is -1.98. The molecule has 0 aliphatic heterocycles. The van der Waals surface area contributed by atoms with Crippen molar-refractivity contribution >= 4 is 11.8 Å². The first-order chi connectivity index (χ1) is 5.66. The molecule has 0 aliphatic carbocycles. The van der Waals surface area contributed by atoms with Crippen LogP contribution in [0, 0.1) is 11.6 Å². The van der Waals surface area contributed by atoms with Crippen molar-refractivity contribution in [1.29, 1.82) is 0 Å². The standard InChI is InChI=1S/C7H3F2NO2/c8-4-1-2-5(9)7(12)6(4)10-3-11/h1-2,12H. The molecular formula is C7H3F2NO2. The van der Waals surface area contributed by atoms with E-state index < -0.39 is 23.1 Å². The van der Waals surface area contributed by atoms with E-state index in [-0.39, 0.29) is 0 Å². The summed E-state index contributed by atoms with van der Waals surface area (Å²) in [7, 11) is 0. The van der Waals surface area contributed by atoms with Gasteiger partial charge in [0.15, 0.2) is 23.1 Å². The summed E-state index contributed by atoms with van der Waals surface area (Å²) in [5.41, 5.74) is -0.731. The molecule has 1 aromatic carbocycles. The summed E-state index contributed by atoms with van der Waals surface area (Å²) >= 11 is 0. The third-order valence-corrected chi connectivity index (χ3v) is 1.21. The number of aliphatic imine (C=N–C) groups is 1. The number of phenolic OH excluding ortho intramolecular Hbond substituents is 1. The second-order valence-corrected chi connectivity index (χ2v) is 1.93. The van der Waals surface area contributed by atoms with Crippen LogP contribution in [0.5, 0.6) is 5.75 Å². The highest BCUT2D eigenvalue weighted by Crippen LogP contribution is 2.31. The number of rotatable bonds is 1. The van der Waals surface area contributed by atoms with Crippen LogP contribution >= 0.6 is 0 Å². The molecule has 0 fully saturated rings. The van der Waals surface area contributed by atoms with Gasteiger partial charge in [-0.15, -0.1) is 0 Å². The lowest BCUT2D eigenvalue weighted by molar-refractivity contribution is 0.428. The van der Waals surface area contributed by atoms with Crippen molar-refractivity contribution in [3.05, 3.63) is 23.8 Å². The van der Waals surface area contributed by atoms with Crippen LogP contribution in [0.2, 0.25) is 0 Å². The van der Waals surface area contributed by atoms with E-state index in [1.807, 2.05) is 0 Å². The van der Waals surface area contributed by atoms with Gasteiger partial charge >= 0.3 is 0 Å². The van der Waals surface area contributed by atoms with E-state index >= 15 is 0 Å². The first-order valence-corrected chi connectivity index (χ1v) is 2.91. The van der Waals surface area contributed by atoms with E-state index in [0.29, 0.717) is 0 Å². The molecule has 62 valence electrons. The topological polar surface area (TPSA) is 49.7 Å². The van der Waals surface area contributed by atoms with Crippen LogP contribution in [-0.4, -0.2) is 11.2 Å². The van der Waals surface area contributed by atoms with Gasteiger partial charge in [0.25, 0.3) is 0 Å². The van der Waals surface area contributed by atoms with Crippen molar-refractivity contribution in [2.75, 3.05) is 0 Å². The zero-order chi connectivity index (χ0) is 9.14. The maximum absolute atomic E-state index is 12.6. The highest BCUT2D eigenvalue weighted by Gasteiger charge is 2.11. The van der Waals surface area contributed by atoms with Gasteiger partial charge in [-0.05, 0) is 12.1 Å². The molecule has 0 aromatic heterocycles. The Kier molecular flexibility index (Phi) is 2.16. The Morgan fingerprint density at radius 1 is 1.33 bits per heavy atom. The molecule has 3 nitrogen and oxygen atoms in total. The first-order valence-electron chi connectivity index (χ1n) is 2.91. The van der Waals surface area contributed by atoms with Crippen molar-refractivity contribution in [1.82, 2.24) is 0 Å². The summed E-state index contributed by atoms with van der Waals surface area (Å²) in [5.74, 6) is -3.00. The number of halogens is 2. The van der Waals surface area contributed by atoms with Gasteiger partial charge in [0.1, 0.15) is 0 Å². The maximum Gasteiger partial charge on any atom is 0.240 e. The number of benzene rings is 1. The molecule has 5 heteroatoms. The van der Waals surface area contributed by atoms with E-state index in [4.69, 9.17) is 5.11 Å². The molecule has 0 aliphatic rings. The van der Waals surface area contributed by atoms with Crippen molar-refractivity contribution in [3.8, 4) is 5.75 Å². The molecule has 1 N–H and O–H groups in total. The van der Waals surface area contributed by atoms with Crippen LogP contribution in [0.15, 0.2) is 17.1 Å². The molecule has 0 heterocycles. The van der Waals surface area contributed by atoms with E-state index in [2.05, 4.69) is 4.99 Å². The van der Waals surface area contributed by atoms with Gasteiger partial charge < -0.3 is 5.11 Å². The minimum atomic E-state index is -1.04. The number of hydrogen-bond donors (Lipinski definition) is 1. The second-order valence-electron chi connectivity index (χ2n) is 1.93. The van der Waals surface area contributed by atoms with Crippen LogP contribution in [-0.2, 0) is 4.79 Å². The molecule has 0 atom stereocenters. The molecule has 0 saturated heterocycles. The number of aromatic hydroxyl groups is 1.